The van der Waals surface area contributed by atoms with E-state index in [0.717, 1.165) is 36.4 Å². The van der Waals surface area contributed by atoms with Crippen LogP contribution in [0.25, 0.3) is 11.3 Å². The zero-order valence-corrected chi connectivity index (χ0v) is 10.7. The normalized spacial score (nSPS) is 10.3. The smallest absolute Gasteiger partial charge is 0.185 e. The van der Waals surface area contributed by atoms with Gasteiger partial charge in [-0.05, 0) is 13.8 Å². The van der Waals surface area contributed by atoms with Gasteiger partial charge in [-0.1, -0.05) is 30.3 Å². The molecule has 0 saturated heterocycles. The van der Waals surface area contributed by atoms with Gasteiger partial charge in [0, 0.05) is 24.7 Å². The Morgan fingerprint density at radius 2 is 1.83 bits per heavy atom. The van der Waals surface area contributed by atoms with E-state index in [1.165, 1.54) is 0 Å². The fraction of sp³-hybridized carbons (Fsp3) is 0.267. The topological polar surface area (TPSA) is 33.5 Å². The predicted molar refractivity (Wildman–Crippen MR) is 73.1 cm³/mol. The lowest BCUT2D eigenvalue weighted by molar-refractivity contribution is 0.110. The Morgan fingerprint density at radius 1 is 1.17 bits per heavy atom. The van der Waals surface area contributed by atoms with Gasteiger partial charge >= 0.3 is 0 Å². The van der Waals surface area contributed by atoms with Crippen LogP contribution in [0.3, 0.4) is 0 Å². The molecule has 0 unspecified atom stereocenters. The highest BCUT2D eigenvalue weighted by Crippen LogP contribution is 2.33. The Kier molecular flexibility index (Phi) is 3.82. The number of anilines is 1. The van der Waals surface area contributed by atoms with Crippen LogP contribution < -0.4 is 4.90 Å². The second-order valence-electron chi connectivity index (χ2n) is 4.02. The summed E-state index contributed by atoms with van der Waals surface area (Å²) in [5.41, 5.74) is 1.97. The number of rotatable bonds is 5. The molecule has 18 heavy (non-hydrogen) atoms. The number of carbonyl (C=O) groups is 1. The van der Waals surface area contributed by atoms with Gasteiger partial charge in [-0.15, -0.1) is 0 Å². The van der Waals surface area contributed by atoms with Crippen molar-refractivity contribution in [3.05, 3.63) is 42.2 Å². The quantitative estimate of drug-likeness (QED) is 0.752. The van der Waals surface area contributed by atoms with E-state index >= 15 is 0 Å². The van der Waals surface area contributed by atoms with E-state index in [1.54, 1.807) is 0 Å². The number of benzene rings is 1. The van der Waals surface area contributed by atoms with Crippen LogP contribution in [0, 0.1) is 0 Å². The summed E-state index contributed by atoms with van der Waals surface area (Å²) in [6, 6.07) is 11.7. The van der Waals surface area contributed by atoms with E-state index in [4.69, 9.17) is 4.42 Å². The van der Waals surface area contributed by atoms with Crippen LogP contribution in [0.2, 0.25) is 0 Å². The van der Waals surface area contributed by atoms with Crippen molar-refractivity contribution < 1.29 is 9.21 Å². The zero-order chi connectivity index (χ0) is 13.0. The average Bonchev–Trinajstić information content (AvgIpc) is 2.85. The molecule has 3 heteroatoms. The second-order valence-corrected chi connectivity index (χ2v) is 4.02. The van der Waals surface area contributed by atoms with E-state index in [2.05, 4.69) is 18.7 Å². The van der Waals surface area contributed by atoms with Crippen LogP contribution in [0.4, 0.5) is 5.69 Å². The van der Waals surface area contributed by atoms with E-state index in [9.17, 15) is 4.79 Å². The third-order valence-corrected chi connectivity index (χ3v) is 2.99. The fourth-order valence-corrected chi connectivity index (χ4v) is 2.05. The molecule has 0 bridgehead atoms. The summed E-state index contributed by atoms with van der Waals surface area (Å²) in [6.45, 7) is 5.94. The molecule has 2 rings (SSSR count). The summed E-state index contributed by atoms with van der Waals surface area (Å²) in [7, 11) is 0. The van der Waals surface area contributed by atoms with Crippen molar-refractivity contribution in [1.82, 2.24) is 0 Å². The second kappa shape index (κ2) is 5.54. The monoisotopic (exact) mass is 243 g/mol. The largest absolute Gasteiger partial charge is 0.451 e. The minimum atomic E-state index is 0.371. The molecule has 1 aromatic heterocycles. The zero-order valence-electron chi connectivity index (χ0n) is 10.7. The van der Waals surface area contributed by atoms with Crippen molar-refractivity contribution in [3.63, 3.8) is 0 Å². The molecule has 0 atom stereocenters. The van der Waals surface area contributed by atoms with Gasteiger partial charge in [0.1, 0.15) is 0 Å². The van der Waals surface area contributed by atoms with Gasteiger partial charge in [0.15, 0.2) is 17.8 Å². The van der Waals surface area contributed by atoms with Gasteiger partial charge < -0.3 is 9.32 Å². The average molecular weight is 243 g/mol. The van der Waals surface area contributed by atoms with Gasteiger partial charge in [0.05, 0.1) is 5.69 Å². The van der Waals surface area contributed by atoms with Gasteiger partial charge in [-0.2, -0.15) is 0 Å². The van der Waals surface area contributed by atoms with Crippen molar-refractivity contribution in [3.8, 4) is 11.3 Å². The lowest BCUT2D eigenvalue weighted by Gasteiger charge is -2.20. The number of carbonyl (C=O) groups excluding carboxylic acids is 1. The predicted octanol–water partition coefficient (Wildman–Crippen LogP) is 3.61. The highest BCUT2D eigenvalue weighted by atomic mass is 16.3. The van der Waals surface area contributed by atoms with Crippen molar-refractivity contribution >= 4 is 12.0 Å². The Labute approximate surface area is 107 Å². The molecule has 0 aliphatic rings. The van der Waals surface area contributed by atoms with Gasteiger partial charge in [-0.25, -0.2) is 0 Å². The van der Waals surface area contributed by atoms with E-state index in [0.29, 0.717) is 5.76 Å². The summed E-state index contributed by atoms with van der Waals surface area (Å²) >= 11 is 0. The van der Waals surface area contributed by atoms with Crippen LogP contribution in [0.5, 0.6) is 0 Å². The number of nitrogens with zero attached hydrogens (tertiary/aromatic N) is 1. The molecule has 0 fully saturated rings. The molecule has 0 N–H and O–H groups in total. The molecule has 1 aromatic carbocycles. The molecule has 0 aliphatic carbocycles. The molecule has 1 heterocycles. The summed E-state index contributed by atoms with van der Waals surface area (Å²) in [5.74, 6) is 1.14. The van der Waals surface area contributed by atoms with Crippen LogP contribution in [-0.4, -0.2) is 19.4 Å². The molecular formula is C15H17NO2. The first kappa shape index (κ1) is 12.4. The molecule has 0 radical (unpaired) electrons. The number of furan rings is 1. The van der Waals surface area contributed by atoms with E-state index in [1.807, 2.05) is 36.4 Å². The van der Waals surface area contributed by atoms with Gasteiger partial charge in [-0.3, -0.25) is 4.79 Å². The minimum Gasteiger partial charge on any atom is -0.451 e. The molecular weight excluding hydrogens is 226 g/mol. The van der Waals surface area contributed by atoms with Crippen molar-refractivity contribution in [2.75, 3.05) is 18.0 Å². The van der Waals surface area contributed by atoms with Gasteiger partial charge in [0.2, 0.25) is 0 Å². The number of hydrogen-bond acceptors (Lipinski definition) is 3. The van der Waals surface area contributed by atoms with Crippen LogP contribution in [0.1, 0.15) is 24.4 Å². The Bertz CT molecular complexity index is 513. The third kappa shape index (κ3) is 2.30. The van der Waals surface area contributed by atoms with Crippen LogP contribution in [0.15, 0.2) is 40.8 Å². The Hall–Kier alpha value is -2.03. The highest BCUT2D eigenvalue weighted by Gasteiger charge is 2.16. The first-order valence-corrected chi connectivity index (χ1v) is 6.19. The van der Waals surface area contributed by atoms with Crippen LogP contribution in [-0.2, 0) is 0 Å². The Morgan fingerprint density at radius 3 is 2.39 bits per heavy atom. The number of hydrogen-bond donors (Lipinski definition) is 0. The lowest BCUT2D eigenvalue weighted by Crippen LogP contribution is -2.21. The standard InChI is InChI=1S/C15H17NO2/c1-3-16(4-2)14-10-13(11-17)18-15(14)12-8-6-5-7-9-12/h5-11H,3-4H2,1-2H3. The molecule has 0 spiro atoms. The van der Waals surface area contributed by atoms with Crippen molar-refractivity contribution in [2.24, 2.45) is 0 Å². The first-order valence-electron chi connectivity index (χ1n) is 6.19. The molecule has 2 aromatic rings. The maximum Gasteiger partial charge on any atom is 0.185 e. The maximum atomic E-state index is 10.9. The molecule has 3 nitrogen and oxygen atoms in total. The summed E-state index contributed by atoms with van der Waals surface area (Å²) < 4.78 is 5.62. The Balaban J connectivity index is 2.52. The van der Waals surface area contributed by atoms with E-state index < -0.39 is 0 Å². The molecule has 0 amide bonds. The first-order chi connectivity index (χ1) is 8.80. The highest BCUT2D eigenvalue weighted by molar-refractivity contribution is 5.81. The summed E-state index contributed by atoms with van der Waals surface area (Å²) in [4.78, 5) is 13.1. The number of aldehydes is 1. The van der Waals surface area contributed by atoms with Crippen LogP contribution >= 0.6 is 0 Å². The summed E-state index contributed by atoms with van der Waals surface area (Å²) in [6.07, 6.45) is 0.749. The van der Waals surface area contributed by atoms with Gasteiger partial charge in [0.25, 0.3) is 0 Å². The molecule has 0 aliphatic heterocycles. The maximum absolute atomic E-state index is 10.9. The minimum absolute atomic E-state index is 0.371. The third-order valence-electron chi connectivity index (χ3n) is 2.99. The molecule has 94 valence electrons. The van der Waals surface area contributed by atoms with Crippen molar-refractivity contribution in [2.45, 2.75) is 13.8 Å². The SMILES string of the molecule is CCN(CC)c1cc(C=O)oc1-c1ccccc1. The van der Waals surface area contributed by atoms with Crippen molar-refractivity contribution in [1.29, 1.82) is 0 Å². The van der Waals surface area contributed by atoms with E-state index in [-0.39, 0.29) is 0 Å². The lowest BCUT2D eigenvalue weighted by atomic mass is 10.1. The summed E-state index contributed by atoms with van der Waals surface area (Å²) in [5, 5.41) is 0. The fourth-order valence-electron chi connectivity index (χ4n) is 2.05. The molecule has 0 saturated carbocycles.